The number of aromatic carboxylic acids is 1. The normalized spacial score (nSPS) is 20.7. The quantitative estimate of drug-likeness (QED) is 0.887. The number of rotatable bonds is 3. The summed E-state index contributed by atoms with van der Waals surface area (Å²) in [5.74, 6) is -1.80. The van der Waals surface area contributed by atoms with E-state index in [1.807, 2.05) is 14.0 Å². The first-order valence-corrected chi connectivity index (χ1v) is 6.72. The van der Waals surface area contributed by atoms with Crippen LogP contribution < -0.4 is 0 Å². The highest BCUT2D eigenvalue weighted by Crippen LogP contribution is 2.16. The van der Waals surface area contributed by atoms with Crippen LogP contribution in [-0.2, 0) is 0 Å². The SMILES string of the molecule is CCC1CN(C)CCCN1C(=O)c1cc(C(=O)O)on1. The van der Waals surface area contributed by atoms with Gasteiger partial charge in [-0.3, -0.25) is 4.79 Å². The second-order valence-electron chi connectivity index (χ2n) is 5.06. The molecule has 0 aromatic carbocycles. The van der Waals surface area contributed by atoms with Crippen molar-refractivity contribution in [2.24, 2.45) is 0 Å². The van der Waals surface area contributed by atoms with E-state index in [-0.39, 0.29) is 23.4 Å². The van der Waals surface area contributed by atoms with Crippen LogP contribution >= 0.6 is 0 Å². The van der Waals surface area contributed by atoms with E-state index in [1.165, 1.54) is 6.07 Å². The van der Waals surface area contributed by atoms with Crippen molar-refractivity contribution < 1.29 is 19.2 Å². The fraction of sp³-hybridized carbons (Fsp3) is 0.615. The maximum absolute atomic E-state index is 12.5. The van der Waals surface area contributed by atoms with Crippen molar-refractivity contribution in [2.45, 2.75) is 25.8 Å². The summed E-state index contributed by atoms with van der Waals surface area (Å²) < 4.78 is 4.65. The van der Waals surface area contributed by atoms with Gasteiger partial charge in [-0.1, -0.05) is 12.1 Å². The van der Waals surface area contributed by atoms with Gasteiger partial charge in [-0.2, -0.15) is 0 Å². The maximum atomic E-state index is 12.5. The van der Waals surface area contributed by atoms with Gasteiger partial charge in [0.05, 0.1) is 0 Å². The summed E-state index contributed by atoms with van der Waals surface area (Å²) in [7, 11) is 2.04. The molecule has 7 nitrogen and oxygen atoms in total. The Labute approximate surface area is 117 Å². The Balaban J connectivity index is 2.18. The standard InChI is InChI=1S/C13H19N3O4/c1-3-9-8-15(2)5-4-6-16(9)12(17)10-7-11(13(18)19)20-14-10/h7,9H,3-6,8H2,1-2H3,(H,18,19). The largest absolute Gasteiger partial charge is 0.475 e. The molecule has 0 bridgehead atoms. The van der Waals surface area contributed by atoms with Crippen molar-refractivity contribution in [1.29, 1.82) is 0 Å². The highest BCUT2D eigenvalue weighted by Gasteiger charge is 2.29. The van der Waals surface area contributed by atoms with Crippen LogP contribution in [0.1, 0.15) is 40.8 Å². The van der Waals surface area contributed by atoms with Crippen LogP contribution in [0.25, 0.3) is 0 Å². The number of likely N-dealkylation sites (N-methyl/N-ethyl adjacent to an activating group) is 1. The molecule has 2 heterocycles. The highest BCUT2D eigenvalue weighted by molar-refractivity contribution is 5.95. The third-order valence-corrected chi connectivity index (χ3v) is 3.57. The van der Waals surface area contributed by atoms with Crippen molar-refractivity contribution in [3.63, 3.8) is 0 Å². The second-order valence-corrected chi connectivity index (χ2v) is 5.06. The number of hydrogen-bond acceptors (Lipinski definition) is 5. The van der Waals surface area contributed by atoms with Gasteiger partial charge < -0.3 is 19.4 Å². The summed E-state index contributed by atoms with van der Waals surface area (Å²) in [6.07, 6.45) is 1.74. The van der Waals surface area contributed by atoms with Crippen molar-refractivity contribution >= 4 is 11.9 Å². The minimum absolute atomic E-state index is 0.0606. The summed E-state index contributed by atoms with van der Waals surface area (Å²) in [6, 6.07) is 1.30. The maximum Gasteiger partial charge on any atom is 0.374 e. The van der Waals surface area contributed by atoms with Gasteiger partial charge in [-0.25, -0.2) is 4.79 Å². The summed E-state index contributed by atoms with van der Waals surface area (Å²) in [5.41, 5.74) is 0.0606. The second kappa shape index (κ2) is 6.04. The number of amides is 1. The average Bonchev–Trinajstić information content (AvgIpc) is 2.83. The zero-order valence-electron chi connectivity index (χ0n) is 11.7. The van der Waals surface area contributed by atoms with Crippen LogP contribution in [0.3, 0.4) is 0 Å². The Bertz CT molecular complexity index is 500. The third-order valence-electron chi connectivity index (χ3n) is 3.57. The van der Waals surface area contributed by atoms with Crippen molar-refractivity contribution in [3.05, 3.63) is 17.5 Å². The number of nitrogens with zero attached hydrogens (tertiary/aromatic N) is 3. The molecule has 1 atom stereocenters. The average molecular weight is 281 g/mol. The van der Waals surface area contributed by atoms with E-state index < -0.39 is 5.97 Å². The van der Waals surface area contributed by atoms with Crippen LogP contribution in [0.2, 0.25) is 0 Å². The van der Waals surface area contributed by atoms with Crippen LogP contribution in [0.4, 0.5) is 0 Å². The summed E-state index contributed by atoms with van der Waals surface area (Å²) in [6.45, 7) is 4.44. The van der Waals surface area contributed by atoms with Gasteiger partial charge in [0, 0.05) is 25.2 Å². The molecule has 0 spiro atoms. The van der Waals surface area contributed by atoms with E-state index in [4.69, 9.17) is 5.11 Å². The summed E-state index contributed by atoms with van der Waals surface area (Å²) in [4.78, 5) is 27.2. The first-order valence-electron chi connectivity index (χ1n) is 6.72. The zero-order chi connectivity index (χ0) is 14.7. The number of aromatic nitrogens is 1. The van der Waals surface area contributed by atoms with Gasteiger partial charge in [0.1, 0.15) is 0 Å². The fourth-order valence-corrected chi connectivity index (χ4v) is 2.48. The number of carbonyl (C=O) groups is 2. The molecule has 1 aliphatic heterocycles. The van der Waals surface area contributed by atoms with Crippen LogP contribution in [0.15, 0.2) is 10.6 Å². The molecule has 1 amide bonds. The number of carboxylic acid groups (broad SMARTS) is 1. The Morgan fingerprint density at radius 3 is 2.85 bits per heavy atom. The van der Waals surface area contributed by atoms with E-state index in [9.17, 15) is 9.59 Å². The lowest BCUT2D eigenvalue weighted by Crippen LogP contribution is -2.43. The minimum Gasteiger partial charge on any atom is -0.475 e. The van der Waals surface area contributed by atoms with Crippen molar-refractivity contribution in [1.82, 2.24) is 15.0 Å². The van der Waals surface area contributed by atoms with E-state index in [1.54, 1.807) is 4.90 Å². The molecular weight excluding hydrogens is 262 g/mol. The van der Waals surface area contributed by atoms with Crippen LogP contribution in [-0.4, -0.2) is 64.7 Å². The molecule has 1 aliphatic rings. The molecule has 2 rings (SSSR count). The first-order chi connectivity index (χ1) is 9.52. The minimum atomic E-state index is -1.22. The number of carboxylic acids is 1. The van der Waals surface area contributed by atoms with Gasteiger partial charge in [0.2, 0.25) is 5.76 Å². The molecule has 1 aromatic rings. The predicted octanol–water partition coefficient (Wildman–Crippen LogP) is 0.929. The summed E-state index contributed by atoms with van der Waals surface area (Å²) >= 11 is 0. The smallest absolute Gasteiger partial charge is 0.374 e. The molecular formula is C13H19N3O4. The topological polar surface area (TPSA) is 86.9 Å². The Kier molecular flexibility index (Phi) is 4.39. The lowest BCUT2D eigenvalue weighted by Gasteiger charge is -2.29. The Morgan fingerprint density at radius 2 is 2.25 bits per heavy atom. The van der Waals surface area contributed by atoms with Gasteiger partial charge in [-0.05, 0) is 26.4 Å². The van der Waals surface area contributed by atoms with E-state index in [2.05, 4.69) is 14.6 Å². The molecule has 1 unspecified atom stereocenters. The van der Waals surface area contributed by atoms with Crippen LogP contribution in [0.5, 0.6) is 0 Å². The van der Waals surface area contributed by atoms with Crippen molar-refractivity contribution in [2.75, 3.05) is 26.7 Å². The lowest BCUT2D eigenvalue weighted by atomic mass is 10.1. The molecule has 0 saturated carbocycles. The molecule has 0 radical (unpaired) electrons. The Morgan fingerprint density at radius 1 is 1.50 bits per heavy atom. The molecule has 1 N–H and O–H groups in total. The van der Waals surface area contributed by atoms with Gasteiger partial charge >= 0.3 is 5.97 Å². The van der Waals surface area contributed by atoms with E-state index >= 15 is 0 Å². The predicted molar refractivity (Wildman–Crippen MR) is 70.7 cm³/mol. The zero-order valence-corrected chi connectivity index (χ0v) is 11.7. The highest BCUT2D eigenvalue weighted by atomic mass is 16.5. The first kappa shape index (κ1) is 14.5. The number of hydrogen-bond donors (Lipinski definition) is 1. The molecule has 7 heteroatoms. The molecule has 1 aromatic heterocycles. The van der Waals surface area contributed by atoms with E-state index in [0.717, 1.165) is 25.9 Å². The monoisotopic (exact) mass is 281 g/mol. The van der Waals surface area contributed by atoms with Gasteiger partial charge in [0.25, 0.3) is 5.91 Å². The molecule has 1 fully saturated rings. The van der Waals surface area contributed by atoms with Gasteiger partial charge in [0.15, 0.2) is 5.69 Å². The van der Waals surface area contributed by atoms with Crippen LogP contribution in [0, 0.1) is 0 Å². The molecule has 110 valence electrons. The Hall–Kier alpha value is -1.89. The molecule has 1 saturated heterocycles. The number of carbonyl (C=O) groups excluding carboxylic acids is 1. The third kappa shape index (κ3) is 2.98. The molecule has 20 heavy (non-hydrogen) atoms. The lowest BCUT2D eigenvalue weighted by molar-refractivity contribution is 0.0638. The molecule has 0 aliphatic carbocycles. The van der Waals surface area contributed by atoms with E-state index in [0.29, 0.717) is 6.54 Å². The van der Waals surface area contributed by atoms with Crippen molar-refractivity contribution in [3.8, 4) is 0 Å². The fourth-order valence-electron chi connectivity index (χ4n) is 2.48. The summed E-state index contributed by atoms with van der Waals surface area (Å²) in [5, 5.41) is 12.4. The van der Waals surface area contributed by atoms with Gasteiger partial charge in [-0.15, -0.1) is 0 Å².